The second-order valence-corrected chi connectivity index (χ2v) is 5.96. The van der Waals surface area contributed by atoms with E-state index in [4.69, 9.17) is 18.9 Å². The van der Waals surface area contributed by atoms with Gasteiger partial charge in [-0.05, 0) is 36.8 Å². The van der Waals surface area contributed by atoms with Crippen LogP contribution in [0, 0.1) is 5.82 Å². The van der Waals surface area contributed by atoms with Gasteiger partial charge in [0, 0.05) is 12.6 Å². The molecule has 0 fully saturated rings. The molecule has 7 nitrogen and oxygen atoms in total. The van der Waals surface area contributed by atoms with Crippen LogP contribution in [0.15, 0.2) is 41.4 Å². The summed E-state index contributed by atoms with van der Waals surface area (Å²) >= 11 is 0. The first-order valence-corrected chi connectivity index (χ1v) is 9.30. The molecule has 8 heteroatoms. The van der Waals surface area contributed by atoms with Crippen molar-refractivity contribution in [3.05, 3.63) is 47.8 Å². The number of ether oxygens (including phenoxy) is 4. The maximum atomic E-state index is 13.2. The van der Waals surface area contributed by atoms with Crippen molar-refractivity contribution in [3.63, 3.8) is 0 Å². The molecule has 2 aromatic carbocycles. The van der Waals surface area contributed by atoms with Gasteiger partial charge in [-0.2, -0.15) is 0 Å². The Kier molecular flexibility index (Phi) is 8.88. The van der Waals surface area contributed by atoms with Crippen LogP contribution in [0.3, 0.4) is 0 Å². The van der Waals surface area contributed by atoms with Gasteiger partial charge < -0.3 is 29.6 Å². The molecule has 0 aliphatic heterocycles. The lowest BCUT2D eigenvalue weighted by molar-refractivity contribution is 0.320. The van der Waals surface area contributed by atoms with Gasteiger partial charge in [0.2, 0.25) is 5.75 Å². The van der Waals surface area contributed by atoms with Crippen molar-refractivity contribution < 1.29 is 23.3 Å². The third-order valence-electron chi connectivity index (χ3n) is 3.95. The molecule has 0 aromatic heterocycles. The van der Waals surface area contributed by atoms with Gasteiger partial charge >= 0.3 is 0 Å². The minimum Gasteiger partial charge on any atom is -0.493 e. The quantitative estimate of drug-likeness (QED) is 0.360. The van der Waals surface area contributed by atoms with Crippen LogP contribution in [0.4, 0.5) is 4.39 Å². The van der Waals surface area contributed by atoms with Crippen molar-refractivity contribution in [1.29, 1.82) is 0 Å². The van der Waals surface area contributed by atoms with Crippen molar-refractivity contribution in [1.82, 2.24) is 10.6 Å². The van der Waals surface area contributed by atoms with E-state index in [1.807, 2.05) is 19.1 Å². The van der Waals surface area contributed by atoms with Gasteiger partial charge in [0.15, 0.2) is 17.5 Å². The fraction of sp³-hybridized carbons (Fsp3) is 0.381. The average molecular weight is 405 g/mol. The molecular weight excluding hydrogens is 377 g/mol. The number of hydrogen-bond acceptors (Lipinski definition) is 5. The normalized spacial score (nSPS) is 11.0. The van der Waals surface area contributed by atoms with E-state index < -0.39 is 0 Å². The topological polar surface area (TPSA) is 73.3 Å². The second-order valence-electron chi connectivity index (χ2n) is 5.96. The molecule has 2 N–H and O–H groups in total. The molecule has 0 spiro atoms. The zero-order valence-corrected chi connectivity index (χ0v) is 17.3. The Morgan fingerprint density at radius 3 is 2.31 bits per heavy atom. The number of aliphatic imine (C=N–C) groups is 1. The van der Waals surface area contributed by atoms with Crippen molar-refractivity contribution >= 4 is 5.96 Å². The van der Waals surface area contributed by atoms with Crippen LogP contribution in [0.2, 0.25) is 0 Å². The first kappa shape index (κ1) is 22.1. The van der Waals surface area contributed by atoms with E-state index in [9.17, 15) is 4.39 Å². The minimum absolute atomic E-state index is 0.323. The summed E-state index contributed by atoms with van der Waals surface area (Å²) in [5.74, 6) is 2.52. The minimum atomic E-state index is -0.323. The van der Waals surface area contributed by atoms with Gasteiger partial charge in [-0.1, -0.05) is 6.07 Å². The van der Waals surface area contributed by atoms with Crippen LogP contribution in [-0.2, 0) is 6.54 Å². The fourth-order valence-electron chi connectivity index (χ4n) is 2.63. The Morgan fingerprint density at radius 1 is 1.00 bits per heavy atom. The van der Waals surface area contributed by atoms with E-state index in [0.29, 0.717) is 55.2 Å². The van der Waals surface area contributed by atoms with Crippen molar-refractivity contribution in [2.45, 2.75) is 13.5 Å². The first-order valence-electron chi connectivity index (χ1n) is 9.30. The smallest absolute Gasteiger partial charge is 0.203 e. The van der Waals surface area contributed by atoms with E-state index in [1.165, 1.54) is 12.1 Å². The third kappa shape index (κ3) is 6.74. The molecule has 0 aliphatic carbocycles. The predicted octanol–water partition coefficient (Wildman–Crippen LogP) is 2.99. The highest BCUT2D eigenvalue weighted by Crippen LogP contribution is 2.38. The first-order chi connectivity index (χ1) is 14.1. The van der Waals surface area contributed by atoms with Gasteiger partial charge in [-0.3, -0.25) is 0 Å². The molecule has 0 heterocycles. The molecule has 0 radical (unpaired) electrons. The summed E-state index contributed by atoms with van der Waals surface area (Å²) in [5, 5.41) is 6.37. The lowest BCUT2D eigenvalue weighted by atomic mass is 10.2. The number of methoxy groups -OCH3 is 3. The summed E-state index contributed by atoms with van der Waals surface area (Å²) in [4.78, 5) is 4.58. The average Bonchev–Trinajstić information content (AvgIpc) is 2.74. The number of guanidine groups is 1. The van der Waals surface area contributed by atoms with E-state index in [1.54, 1.807) is 33.5 Å². The lowest BCUT2D eigenvalue weighted by Crippen LogP contribution is -2.39. The molecule has 0 bridgehead atoms. The maximum Gasteiger partial charge on any atom is 0.203 e. The number of nitrogens with one attached hydrogen (secondary N) is 2. The molecule has 0 atom stereocenters. The molecule has 0 saturated carbocycles. The molecule has 0 amide bonds. The van der Waals surface area contributed by atoms with E-state index in [2.05, 4.69) is 15.6 Å². The summed E-state index contributed by atoms with van der Waals surface area (Å²) in [6.45, 7) is 4.00. The number of rotatable bonds is 10. The molecule has 0 aliphatic rings. The Labute approximate surface area is 170 Å². The molecule has 2 rings (SSSR count). The summed E-state index contributed by atoms with van der Waals surface area (Å²) in [6.07, 6.45) is 0. The molecular formula is C21H28FN3O4. The van der Waals surface area contributed by atoms with Gasteiger partial charge in [-0.15, -0.1) is 0 Å². The molecule has 158 valence electrons. The van der Waals surface area contributed by atoms with Crippen LogP contribution < -0.4 is 29.6 Å². The molecule has 29 heavy (non-hydrogen) atoms. The Hall–Kier alpha value is -3.16. The Morgan fingerprint density at radius 2 is 1.72 bits per heavy atom. The Balaban J connectivity index is 1.97. The molecule has 0 saturated heterocycles. The summed E-state index contributed by atoms with van der Waals surface area (Å²) in [7, 11) is 4.72. The second kappa shape index (κ2) is 11.6. The number of benzene rings is 2. The van der Waals surface area contributed by atoms with Crippen LogP contribution in [0.1, 0.15) is 12.5 Å². The number of hydrogen-bond donors (Lipinski definition) is 2. The summed E-state index contributed by atoms with van der Waals surface area (Å²) in [6, 6.07) is 9.78. The standard InChI is InChI=1S/C21H28FN3O4/c1-5-23-21(24-9-10-29-17-8-6-7-16(22)13-17)25-14-15-11-18(26-2)20(28-4)19(12-15)27-3/h6-8,11-13H,5,9-10,14H2,1-4H3,(H2,23,24,25). The fourth-order valence-corrected chi connectivity index (χ4v) is 2.63. The summed E-state index contributed by atoms with van der Waals surface area (Å²) in [5.41, 5.74) is 0.910. The zero-order valence-electron chi connectivity index (χ0n) is 17.3. The van der Waals surface area contributed by atoms with Crippen LogP contribution in [0.25, 0.3) is 0 Å². The van der Waals surface area contributed by atoms with Gasteiger partial charge in [-0.25, -0.2) is 9.38 Å². The lowest BCUT2D eigenvalue weighted by Gasteiger charge is -2.14. The van der Waals surface area contributed by atoms with E-state index in [-0.39, 0.29) is 5.82 Å². The van der Waals surface area contributed by atoms with Gasteiger partial charge in [0.05, 0.1) is 34.4 Å². The number of nitrogens with zero attached hydrogens (tertiary/aromatic N) is 1. The van der Waals surface area contributed by atoms with Gasteiger partial charge in [0.25, 0.3) is 0 Å². The molecule has 0 unspecified atom stereocenters. The van der Waals surface area contributed by atoms with Crippen LogP contribution >= 0.6 is 0 Å². The van der Waals surface area contributed by atoms with Crippen molar-refractivity contribution in [2.24, 2.45) is 4.99 Å². The van der Waals surface area contributed by atoms with Crippen molar-refractivity contribution in [3.8, 4) is 23.0 Å². The summed E-state index contributed by atoms with van der Waals surface area (Å²) < 4.78 is 34.8. The highest BCUT2D eigenvalue weighted by atomic mass is 19.1. The largest absolute Gasteiger partial charge is 0.493 e. The van der Waals surface area contributed by atoms with Crippen LogP contribution in [-0.4, -0.2) is 47.0 Å². The highest BCUT2D eigenvalue weighted by Gasteiger charge is 2.13. The van der Waals surface area contributed by atoms with E-state index in [0.717, 1.165) is 5.56 Å². The third-order valence-corrected chi connectivity index (χ3v) is 3.95. The zero-order chi connectivity index (χ0) is 21.1. The highest BCUT2D eigenvalue weighted by molar-refractivity contribution is 5.79. The SMILES string of the molecule is CCNC(=NCc1cc(OC)c(OC)c(OC)c1)NCCOc1cccc(F)c1. The number of halogens is 1. The monoisotopic (exact) mass is 405 g/mol. The van der Waals surface area contributed by atoms with Crippen molar-refractivity contribution in [2.75, 3.05) is 41.0 Å². The Bertz CT molecular complexity index is 789. The van der Waals surface area contributed by atoms with E-state index >= 15 is 0 Å². The van der Waals surface area contributed by atoms with Gasteiger partial charge in [0.1, 0.15) is 18.2 Å². The maximum absolute atomic E-state index is 13.2. The molecule has 2 aromatic rings. The van der Waals surface area contributed by atoms with Crippen LogP contribution in [0.5, 0.6) is 23.0 Å². The predicted molar refractivity (Wildman–Crippen MR) is 111 cm³/mol.